The maximum Gasteiger partial charge on any atom is 0.130 e. The minimum absolute atomic E-state index is 0. The molecular formula is C15H24ClNO2. The zero-order valence-electron chi connectivity index (χ0n) is 12.1. The van der Waals surface area contributed by atoms with Crippen LogP contribution >= 0.6 is 12.4 Å². The van der Waals surface area contributed by atoms with E-state index in [1.165, 1.54) is 16.7 Å². The summed E-state index contributed by atoms with van der Waals surface area (Å²) >= 11 is 0. The second-order valence-electron chi connectivity index (χ2n) is 5.53. The van der Waals surface area contributed by atoms with Crippen LogP contribution in [0, 0.1) is 13.8 Å². The Morgan fingerprint density at radius 2 is 1.95 bits per heavy atom. The van der Waals surface area contributed by atoms with E-state index in [2.05, 4.69) is 45.1 Å². The van der Waals surface area contributed by atoms with Crippen LogP contribution in [0.25, 0.3) is 0 Å². The molecule has 2 atom stereocenters. The topological polar surface area (TPSA) is 41.5 Å². The molecule has 2 unspecified atom stereocenters. The molecule has 1 heterocycles. The van der Waals surface area contributed by atoms with Crippen LogP contribution < -0.4 is 10.1 Å². The molecule has 0 saturated heterocycles. The molecule has 0 fully saturated rings. The largest absolute Gasteiger partial charge is 0.487 e. The molecule has 19 heavy (non-hydrogen) atoms. The molecule has 0 aliphatic carbocycles. The highest BCUT2D eigenvalue weighted by atomic mass is 35.5. The number of nitrogens with one attached hydrogen (secondary N) is 1. The minimum atomic E-state index is -0.458. The number of benzene rings is 1. The van der Waals surface area contributed by atoms with Crippen LogP contribution in [0.1, 0.15) is 30.5 Å². The van der Waals surface area contributed by atoms with Crippen LogP contribution in [-0.2, 0) is 6.42 Å². The first-order valence-electron chi connectivity index (χ1n) is 6.65. The van der Waals surface area contributed by atoms with Gasteiger partial charge in [0, 0.05) is 19.0 Å². The summed E-state index contributed by atoms with van der Waals surface area (Å²) < 4.78 is 5.85. The summed E-state index contributed by atoms with van der Waals surface area (Å²) in [5, 5.41) is 13.4. The van der Waals surface area contributed by atoms with Crippen LogP contribution in [0.3, 0.4) is 0 Å². The van der Waals surface area contributed by atoms with Crippen molar-refractivity contribution in [1.82, 2.24) is 5.32 Å². The molecule has 1 aliphatic heterocycles. The lowest BCUT2D eigenvalue weighted by molar-refractivity contribution is 0.0488. The molecule has 0 bridgehead atoms. The van der Waals surface area contributed by atoms with Gasteiger partial charge in [-0.1, -0.05) is 19.9 Å². The highest BCUT2D eigenvalue weighted by Crippen LogP contribution is 2.32. The van der Waals surface area contributed by atoms with Gasteiger partial charge in [-0.15, -0.1) is 12.4 Å². The average molecular weight is 286 g/mol. The molecule has 3 nitrogen and oxygen atoms in total. The van der Waals surface area contributed by atoms with Crippen molar-refractivity contribution in [3.63, 3.8) is 0 Å². The molecule has 0 amide bonds. The molecule has 108 valence electrons. The van der Waals surface area contributed by atoms with E-state index in [1.807, 2.05) is 0 Å². The predicted molar refractivity (Wildman–Crippen MR) is 80.4 cm³/mol. The Balaban J connectivity index is 0.00000180. The van der Waals surface area contributed by atoms with Crippen molar-refractivity contribution in [1.29, 1.82) is 0 Å². The fourth-order valence-corrected chi connectivity index (χ4v) is 2.24. The molecule has 2 rings (SSSR count). The van der Waals surface area contributed by atoms with E-state index in [0.717, 1.165) is 12.2 Å². The van der Waals surface area contributed by atoms with Gasteiger partial charge < -0.3 is 15.2 Å². The molecule has 0 aromatic heterocycles. The Hall–Kier alpha value is -0.770. The number of hydrogen-bond acceptors (Lipinski definition) is 3. The number of aliphatic hydroxyl groups excluding tert-OH is 1. The van der Waals surface area contributed by atoms with Gasteiger partial charge in [-0.3, -0.25) is 0 Å². The smallest absolute Gasteiger partial charge is 0.130 e. The van der Waals surface area contributed by atoms with Crippen molar-refractivity contribution in [2.75, 3.05) is 6.54 Å². The fourth-order valence-electron chi connectivity index (χ4n) is 2.24. The van der Waals surface area contributed by atoms with Crippen LogP contribution in [0.5, 0.6) is 5.75 Å². The summed E-state index contributed by atoms with van der Waals surface area (Å²) in [6, 6.07) is 4.63. The Kier molecular flexibility index (Phi) is 5.65. The van der Waals surface area contributed by atoms with Crippen LogP contribution in [0.2, 0.25) is 0 Å². The number of halogens is 1. The van der Waals surface area contributed by atoms with Crippen molar-refractivity contribution < 1.29 is 9.84 Å². The third-order valence-electron chi connectivity index (χ3n) is 3.54. The summed E-state index contributed by atoms with van der Waals surface area (Å²) in [6.45, 7) is 8.92. The van der Waals surface area contributed by atoms with Gasteiger partial charge in [0.2, 0.25) is 0 Å². The van der Waals surface area contributed by atoms with Gasteiger partial charge in [-0.25, -0.2) is 0 Å². The Morgan fingerprint density at radius 1 is 1.32 bits per heavy atom. The van der Waals surface area contributed by atoms with Crippen molar-refractivity contribution in [3.05, 3.63) is 28.8 Å². The molecule has 0 spiro atoms. The number of hydrogen-bond donors (Lipinski definition) is 2. The first-order valence-corrected chi connectivity index (χ1v) is 6.65. The van der Waals surface area contributed by atoms with Crippen molar-refractivity contribution >= 4 is 12.4 Å². The van der Waals surface area contributed by atoms with Gasteiger partial charge in [0.25, 0.3) is 0 Å². The SMILES string of the molecule is Cc1cc2c(cc1C)OC(C(O)CNC(C)C)C2.Cl. The van der Waals surface area contributed by atoms with Gasteiger partial charge >= 0.3 is 0 Å². The lowest BCUT2D eigenvalue weighted by atomic mass is 10.0. The molecule has 2 N–H and O–H groups in total. The second kappa shape index (κ2) is 6.60. The third kappa shape index (κ3) is 3.85. The Labute approximate surface area is 121 Å². The number of aliphatic hydroxyl groups is 1. The van der Waals surface area contributed by atoms with Crippen LogP contribution in [0.15, 0.2) is 12.1 Å². The monoisotopic (exact) mass is 285 g/mol. The lowest BCUT2D eigenvalue weighted by Crippen LogP contribution is -2.41. The van der Waals surface area contributed by atoms with E-state index in [9.17, 15) is 5.11 Å². The van der Waals surface area contributed by atoms with Gasteiger partial charge in [0.1, 0.15) is 18.0 Å². The third-order valence-corrected chi connectivity index (χ3v) is 3.54. The zero-order chi connectivity index (χ0) is 13.3. The summed E-state index contributed by atoms with van der Waals surface area (Å²) in [6.07, 6.45) is 0.227. The molecule has 4 heteroatoms. The van der Waals surface area contributed by atoms with Gasteiger partial charge in [-0.2, -0.15) is 0 Å². The first kappa shape index (κ1) is 16.3. The molecule has 0 saturated carbocycles. The maximum atomic E-state index is 10.1. The second-order valence-corrected chi connectivity index (χ2v) is 5.53. The summed E-state index contributed by atoms with van der Waals surface area (Å²) in [5.74, 6) is 0.937. The molecule has 1 aromatic rings. The van der Waals surface area contributed by atoms with E-state index in [4.69, 9.17) is 4.74 Å². The number of rotatable bonds is 4. The zero-order valence-corrected chi connectivity index (χ0v) is 12.9. The molecule has 1 aliphatic rings. The quantitative estimate of drug-likeness (QED) is 0.893. The van der Waals surface area contributed by atoms with Crippen LogP contribution in [0.4, 0.5) is 0 Å². The maximum absolute atomic E-state index is 10.1. The summed E-state index contributed by atoms with van der Waals surface area (Å²) in [7, 11) is 0. The standard InChI is InChI=1S/C15H23NO2.ClH/c1-9(2)16-8-13(17)15-7-12-5-10(3)11(4)6-14(12)18-15;/h5-6,9,13,15-17H,7-8H2,1-4H3;1H. The normalized spacial score (nSPS) is 18.7. The Morgan fingerprint density at radius 3 is 2.58 bits per heavy atom. The van der Waals surface area contributed by atoms with Gasteiger partial charge in [-0.05, 0) is 36.6 Å². The summed E-state index contributed by atoms with van der Waals surface area (Å²) in [5.41, 5.74) is 3.74. The van der Waals surface area contributed by atoms with Crippen LogP contribution in [-0.4, -0.2) is 29.9 Å². The van der Waals surface area contributed by atoms with Crippen molar-refractivity contribution in [2.24, 2.45) is 0 Å². The number of ether oxygens (including phenoxy) is 1. The highest BCUT2D eigenvalue weighted by Gasteiger charge is 2.29. The lowest BCUT2D eigenvalue weighted by Gasteiger charge is -2.19. The minimum Gasteiger partial charge on any atom is -0.487 e. The summed E-state index contributed by atoms with van der Waals surface area (Å²) in [4.78, 5) is 0. The first-order chi connectivity index (χ1) is 8.47. The van der Waals surface area contributed by atoms with Gasteiger partial charge in [0.15, 0.2) is 0 Å². The van der Waals surface area contributed by atoms with Gasteiger partial charge in [0.05, 0.1) is 0 Å². The fraction of sp³-hybridized carbons (Fsp3) is 0.600. The predicted octanol–water partition coefficient (Wildman–Crippen LogP) is 2.39. The van der Waals surface area contributed by atoms with E-state index >= 15 is 0 Å². The highest BCUT2D eigenvalue weighted by molar-refractivity contribution is 5.85. The molecule has 0 radical (unpaired) electrons. The molecule has 1 aromatic carbocycles. The van der Waals surface area contributed by atoms with E-state index in [-0.39, 0.29) is 18.5 Å². The van der Waals surface area contributed by atoms with Crippen molar-refractivity contribution in [3.8, 4) is 5.75 Å². The average Bonchev–Trinajstić information content (AvgIpc) is 2.69. The number of fused-ring (bicyclic) bond motifs is 1. The Bertz CT molecular complexity index is 403. The van der Waals surface area contributed by atoms with E-state index in [1.54, 1.807) is 0 Å². The van der Waals surface area contributed by atoms with Crippen molar-refractivity contribution in [2.45, 2.75) is 52.4 Å². The van der Waals surface area contributed by atoms with E-state index < -0.39 is 6.10 Å². The molecular weight excluding hydrogens is 262 g/mol. The van der Waals surface area contributed by atoms with E-state index in [0.29, 0.717) is 12.6 Å². The number of aryl methyl sites for hydroxylation is 2.